The van der Waals surface area contributed by atoms with Crippen molar-refractivity contribution >= 4 is 23.1 Å². The van der Waals surface area contributed by atoms with Gasteiger partial charge in [0, 0.05) is 5.69 Å². The van der Waals surface area contributed by atoms with Gasteiger partial charge in [0.05, 0.1) is 17.2 Å². The van der Waals surface area contributed by atoms with Gasteiger partial charge in [-0.25, -0.2) is 0 Å². The second-order valence-electron chi connectivity index (χ2n) is 6.29. The Balaban J connectivity index is 1.64. The number of anilines is 1. The maximum Gasteiger partial charge on any atom is 0.275 e. The minimum atomic E-state index is -0.517. The molecule has 0 atom stereocenters. The Morgan fingerprint density at radius 3 is 2.28 bits per heavy atom. The number of hydrogen-bond donors (Lipinski definition) is 2. The minimum Gasteiger partial charge on any atom is -0.457 e. The van der Waals surface area contributed by atoms with Crippen LogP contribution in [0.2, 0.25) is 0 Å². The number of ether oxygens (including phenoxy) is 1. The first-order valence-corrected chi connectivity index (χ1v) is 8.84. The quantitative estimate of drug-likeness (QED) is 0.656. The molecule has 0 bridgehead atoms. The molecule has 1 aliphatic heterocycles. The molecular formula is C23H15N3O3. The minimum absolute atomic E-state index is 0.141. The molecule has 6 heteroatoms. The molecule has 0 saturated heterocycles. The lowest BCUT2D eigenvalue weighted by Crippen LogP contribution is -2.24. The van der Waals surface area contributed by atoms with Gasteiger partial charge in [0.15, 0.2) is 0 Å². The molecule has 1 aliphatic rings. The van der Waals surface area contributed by atoms with Crippen LogP contribution in [0.15, 0.2) is 84.6 Å². The monoisotopic (exact) mass is 381 g/mol. The summed E-state index contributed by atoms with van der Waals surface area (Å²) >= 11 is 0. The van der Waals surface area contributed by atoms with E-state index >= 15 is 0 Å². The highest BCUT2D eigenvalue weighted by Gasteiger charge is 2.31. The van der Waals surface area contributed by atoms with Gasteiger partial charge in [0.25, 0.3) is 11.8 Å². The van der Waals surface area contributed by atoms with Gasteiger partial charge in [0.1, 0.15) is 17.2 Å². The van der Waals surface area contributed by atoms with Crippen molar-refractivity contribution < 1.29 is 14.3 Å². The van der Waals surface area contributed by atoms with Crippen molar-refractivity contribution in [1.82, 2.24) is 5.32 Å². The maximum absolute atomic E-state index is 12.4. The van der Waals surface area contributed by atoms with Gasteiger partial charge in [0.2, 0.25) is 0 Å². The molecule has 0 radical (unpaired) electrons. The van der Waals surface area contributed by atoms with Crippen LogP contribution in [0.3, 0.4) is 0 Å². The fourth-order valence-corrected chi connectivity index (χ4v) is 2.97. The molecule has 0 spiro atoms. The molecule has 3 aromatic carbocycles. The first-order chi connectivity index (χ1) is 14.1. The van der Waals surface area contributed by atoms with Crippen LogP contribution in [0.5, 0.6) is 11.5 Å². The first kappa shape index (κ1) is 18.0. The summed E-state index contributed by atoms with van der Waals surface area (Å²) in [6.07, 6.45) is 0. The molecule has 140 valence electrons. The number of benzene rings is 3. The Kier molecular flexibility index (Phi) is 4.79. The second-order valence-corrected chi connectivity index (χ2v) is 6.29. The highest BCUT2D eigenvalue weighted by atomic mass is 16.5. The summed E-state index contributed by atoms with van der Waals surface area (Å²) in [6.45, 7) is 0. The van der Waals surface area contributed by atoms with E-state index in [1.165, 1.54) is 0 Å². The molecule has 2 N–H and O–H groups in total. The number of carbonyl (C=O) groups is 2. The third-order valence-electron chi connectivity index (χ3n) is 4.31. The lowest BCUT2D eigenvalue weighted by Gasteiger charge is -2.09. The van der Waals surface area contributed by atoms with Gasteiger partial charge in [-0.2, -0.15) is 5.26 Å². The summed E-state index contributed by atoms with van der Waals surface area (Å²) < 4.78 is 5.76. The van der Waals surface area contributed by atoms with Gasteiger partial charge in [-0.05, 0) is 48.0 Å². The van der Waals surface area contributed by atoms with Crippen LogP contribution in [0.1, 0.15) is 11.1 Å². The van der Waals surface area contributed by atoms with E-state index in [2.05, 4.69) is 10.6 Å². The van der Waals surface area contributed by atoms with Gasteiger partial charge in [-0.1, -0.05) is 36.4 Å². The van der Waals surface area contributed by atoms with Crippen LogP contribution >= 0.6 is 0 Å². The fourth-order valence-electron chi connectivity index (χ4n) is 2.97. The van der Waals surface area contributed by atoms with Crippen molar-refractivity contribution in [3.8, 4) is 17.6 Å². The molecule has 4 rings (SSSR count). The van der Waals surface area contributed by atoms with E-state index in [1.807, 2.05) is 36.4 Å². The third kappa shape index (κ3) is 3.84. The number of carbonyl (C=O) groups excluding carboxylic acids is 2. The summed E-state index contributed by atoms with van der Waals surface area (Å²) in [6, 6.07) is 25.0. The van der Waals surface area contributed by atoms with Crippen LogP contribution in [-0.4, -0.2) is 11.8 Å². The van der Waals surface area contributed by atoms with Crippen LogP contribution in [0, 0.1) is 11.3 Å². The van der Waals surface area contributed by atoms with Gasteiger partial charge in [-0.15, -0.1) is 0 Å². The SMILES string of the molecule is N#Cc1cccc(NC2=C(c3ccc(Oc4ccccc4)cc3)C(=O)NC2=O)c1. The number of nitrogens with one attached hydrogen (secondary N) is 2. The highest BCUT2D eigenvalue weighted by molar-refractivity contribution is 6.36. The summed E-state index contributed by atoms with van der Waals surface area (Å²) in [5.74, 6) is 0.317. The number of hydrogen-bond acceptors (Lipinski definition) is 5. The summed E-state index contributed by atoms with van der Waals surface area (Å²) in [5.41, 5.74) is 1.95. The standard InChI is InChI=1S/C23H15N3O3/c24-14-15-5-4-6-17(13-15)25-21-20(22(27)26-23(21)28)16-9-11-19(12-10-16)29-18-7-2-1-3-8-18/h1-13H,(H2,25,26,27,28). The Bertz CT molecular complexity index is 1160. The average molecular weight is 381 g/mol. The number of amides is 2. The molecule has 0 aromatic heterocycles. The lowest BCUT2D eigenvalue weighted by molar-refractivity contribution is -0.123. The van der Waals surface area contributed by atoms with E-state index in [9.17, 15) is 9.59 Å². The molecule has 0 aliphatic carbocycles. The van der Waals surface area contributed by atoms with Gasteiger partial charge >= 0.3 is 0 Å². The maximum atomic E-state index is 12.4. The number of rotatable bonds is 5. The second kappa shape index (κ2) is 7.71. The molecule has 6 nitrogen and oxygen atoms in total. The zero-order chi connectivity index (χ0) is 20.2. The number of nitriles is 1. The normalized spacial score (nSPS) is 13.1. The summed E-state index contributed by atoms with van der Waals surface area (Å²) in [7, 11) is 0. The highest BCUT2D eigenvalue weighted by Crippen LogP contribution is 2.28. The van der Waals surface area contributed by atoms with Crippen molar-refractivity contribution in [2.75, 3.05) is 5.32 Å². The molecule has 0 saturated carbocycles. The van der Waals surface area contributed by atoms with Crippen molar-refractivity contribution in [2.24, 2.45) is 0 Å². The molecule has 1 heterocycles. The Morgan fingerprint density at radius 1 is 0.828 bits per heavy atom. The molecule has 0 unspecified atom stereocenters. The van der Waals surface area contributed by atoms with Crippen molar-refractivity contribution in [1.29, 1.82) is 5.26 Å². The van der Waals surface area contributed by atoms with Crippen molar-refractivity contribution in [3.05, 3.63) is 95.7 Å². The number of nitrogens with zero attached hydrogens (tertiary/aromatic N) is 1. The molecule has 29 heavy (non-hydrogen) atoms. The van der Waals surface area contributed by atoms with E-state index in [1.54, 1.807) is 48.5 Å². The summed E-state index contributed by atoms with van der Waals surface area (Å²) in [5, 5.41) is 14.3. The molecular weight excluding hydrogens is 366 g/mol. The topological polar surface area (TPSA) is 91.2 Å². The molecule has 3 aromatic rings. The van der Waals surface area contributed by atoms with E-state index in [4.69, 9.17) is 10.00 Å². The van der Waals surface area contributed by atoms with E-state index in [0.29, 0.717) is 28.3 Å². The third-order valence-corrected chi connectivity index (χ3v) is 4.31. The number of imide groups is 1. The Labute approximate surface area is 167 Å². The number of para-hydroxylation sites is 1. The van der Waals surface area contributed by atoms with Gasteiger partial charge < -0.3 is 10.1 Å². The van der Waals surface area contributed by atoms with E-state index < -0.39 is 11.8 Å². The Hall–Kier alpha value is -4.37. The van der Waals surface area contributed by atoms with E-state index in [-0.39, 0.29) is 11.3 Å². The fraction of sp³-hybridized carbons (Fsp3) is 0. The van der Waals surface area contributed by atoms with Crippen LogP contribution in [0.4, 0.5) is 5.69 Å². The zero-order valence-electron chi connectivity index (χ0n) is 15.2. The Morgan fingerprint density at radius 2 is 1.55 bits per heavy atom. The lowest BCUT2D eigenvalue weighted by atomic mass is 10.0. The van der Waals surface area contributed by atoms with Crippen molar-refractivity contribution in [3.63, 3.8) is 0 Å². The smallest absolute Gasteiger partial charge is 0.275 e. The molecule has 2 amide bonds. The van der Waals surface area contributed by atoms with Crippen LogP contribution < -0.4 is 15.4 Å². The summed E-state index contributed by atoms with van der Waals surface area (Å²) in [4.78, 5) is 24.7. The van der Waals surface area contributed by atoms with Gasteiger partial charge in [-0.3, -0.25) is 14.9 Å². The van der Waals surface area contributed by atoms with Crippen LogP contribution in [0.25, 0.3) is 5.57 Å². The van der Waals surface area contributed by atoms with E-state index in [0.717, 1.165) is 0 Å². The first-order valence-electron chi connectivity index (χ1n) is 8.84. The zero-order valence-corrected chi connectivity index (χ0v) is 15.2. The molecule has 0 fully saturated rings. The predicted molar refractivity (Wildman–Crippen MR) is 108 cm³/mol. The average Bonchev–Trinajstić information content (AvgIpc) is 3.02. The predicted octanol–water partition coefficient (Wildman–Crippen LogP) is 3.83. The van der Waals surface area contributed by atoms with Crippen molar-refractivity contribution in [2.45, 2.75) is 0 Å². The largest absolute Gasteiger partial charge is 0.457 e. The van der Waals surface area contributed by atoms with Crippen LogP contribution in [-0.2, 0) is 9.59 Å².